The molecule has 160 valence electrons. The number of carbonyl (C=O) groups excluding carboxylic acids is 1. The summed E-state index contributed by atoms with van der Waals surface area (Å²) < 4.78 is 11.7. The van der Waals surface area contributed by atoms with Crippen molar-refractivity contribution in [1.82, 2.24) is 0 Å². The average Bonchev–Trinajstić information content (AvgIpc) is 2.64. The molecule has 1 unspecified atom stereocenters. The Morgan fingerprint density at radius 2 is 1.50 bits per heavy atom. The summed E-state index contributed by atoms with van der Waals surface area (Å²) in [4.78, 5) is 13.2. The molecule has 1 atom stereocenters. The molecule has 0 aromatic heterocycles. The molecule has 2 rings (SSSR count). The van der Waals surface area contributed by atoms with Gasteiger partial charge in [-0.2, -0.15) is 0 Å². The second-order valence-electron chi connectivity index (χ2n) is 8.54. The van der Waals surface area contributed by atoms with Gasteiger partial charge in [0.2, 0.25) is 0 Å². The number of benzene rings is 2. The topological polar surface area (TPSA) is 35.5 Å². The van der Waals surface area contributed by atoms with Crippen LogP contribution in [0.4, 0.5) is 0 Å². The van der Waals surface area contributed by atoms with Gasteiger partial charge in [-0.3, -0.25) is 4.79 Å². The first kappa shape index (κ1) is 26.8. The Morgan fingerprint density at radius 3 is 2.03 bits per heavy atom. The molecule has 0 aliphatic carbocycles. The van der Waals surface area contributed by atoms with Crippen LogP contribution in [0.1, 0.15) is 74.5 Å². The molecule has 0 aliphatic heterocycles. The molecular formula is C25H36LiO3P. The van der Waals surface area contributed by atoms with Crippen LogP contribution in [-0.4, -0.2) is 37.6 Å². The van der Waals surface area contributed by atoms with Gasteiger partial charge in [-0.1, -0.05) is 46.8 Å². The Hall–Kier alpha value is -1.26. The zero-order chi connectivity index (χ0) is 21.6. The molecule has 0 radical (unpaired) electrons. The average molecular weight is 422 g/mol. The minimum atomic E-state index is 0. The predicted molar refractivity (Wildman–Crippen MR) is 132 cm³/mol. The van der Waals surface area contributed by atoms with Gasteiger partial charge in [0.05, 0.1) is 13.2 Å². The van der Waals surface area contributed by atoms with E-state index in [-0.39, 0.29) is 38.4 Å². The maximum atomic E-state index is 13.2. The van der Waals surface area contributed by atoms with Crippen molar-refractivity contribution in [3.05, 3.63) is 52.6 Å². The Balaban J connectivity index is 0.00000450. The molecule has 3 nitrogen and oxygen atoms in total. The normalized spacial score (nSPS) is 11.4. The van der Waals surface area contributed by atoms with E-state index in [4.69, 9.17) is 9.47 Å². The minimum absolute atomic E-state index is 0. The van der Waals surface area contributed by atoms with Gasteiger partial charge in [-0.15, -0.1) is 0 Å². The van der Waals surface area contributed by atoms with Crippen molar-refractivity contribution in [1.29, 1.82) is 0 Å². The fourth-order valence-electron chi connectivity index (χ4n) is 3.19. The van der Waals surface area contributed by atoms with E-state index < -0.39 is 0 Å². The van der Waals surface area contributed by atoms with Gasteiger partial charge in [-0.25, -0.2) is 0 Å². The summed E-state index contributed by atoms with van der Waals surface area (Å²) in [6.45, 7) is 16.1. The summed E-state index contributed by atoms with van der Waals surface area (Å²) in [5.74, 6) is 1.55. The summed E-state index contributed by atoms with van der Waals surface area (Å²) in [6, 6.07) is 10.1. The molecule has 2 aromatic carbocycles. The van der Waals surface area contributed by atoms with Crippen LogP contribution in [0.2, 0.25) is 0 Å². The number of ether oxygens (including phenoxy) is 2. The van der Waals surface area contributed by atoms with Crippen LogP contribution in [0.3, 0.4) is 0 Å². The van der Waals surface area contributed by atoms with Crippen molar-refractivity contribution < 1.29 is 14.3 Å². The van der Waals surface area contributed by atoms with Crippen LogP contribution in [-0.2, 0) is 5.41 Å². The summed E-state index contributed by atoms with van der Waals surface area (Å²) >= 11 is 0. The SMILES string of the molecule is CCCOc1ccc(PC(=O)c2c(C)cc(C(C)(C)C)cc2C)c(OCCC)c1.[LiH]. The van der Waals surface area contributed by atoms with Crippen LogP contribution < -0.4 is 14.8 Å². The second kappa shape index (κ2) is 11.9. The molecule has 0 saturated heterocycles. The van der Waals surface area contributed by atoms with Crippen LogP contribution in [0.5, 0.6) is 11.5 Å². The van der Waals surface area contributed by atoms with Crippen molar-refractivity contribution in [2.24, 2.45) is 0 Å². The quantitative estimate of drug-likeness (QED) is 0.386. The molecule has 0 N–H and O–H groups in total. The Labute approximate surface area is 196 Å². The molecule has 0 saturated carbocycles. The van der Waals surface area contributed by atoms with E-state index in [9.17, 15) is 4.79 Å². The third-order valence-electron chi connectivity index (χ3n) is 4.76. The van der Waals surface area contributed by atoms with Crippen molar-refractivity contribution >= 4 is 38.3 Å². The molecule has 0 amide bonds. The van der Waals surface area contributed by atoms with E-state index in [0.29, 0.717) is 13.2 Å². The van der Waals surface area contributed by atoms with E-state index in [2.05, 4.69) is 46.8 Å². The fraction of sp³-hybridized carbons (Fsp3) is 0.480. The van der Waals surface area contributed by atoms with E-state index in [1.54, 1.807) is 0 Å². The molecule has 0 spiro atoms. The maximum absolute atomic E-state index is 13.2. The summed E-state index contributed by atoms with van der Waals surface area (Å²) in [7, 11) is 0.0212. The van der Waals surface area contributed by atoms with Gasteiger partial charge < -0.3 is 9.47 Å². The van der Waals surface area contributed by atoms with E-state index in [1.165, 1.54) is 5.56 Å². The number of hydrogen-bond donors (Lipinski definition) is 0. The zero-order valence-corrected chi connectivity index (χ0v) is 19.9. The molecular weight excluding hydrogens is 386 g/mol. The second-order valence-corrected chi connectivity index (χ2v) is 9.79. The van der Waals surface area contributed by atoms with Gasteiger partial charge in [-0.05, 0) is 69.5 Å². The molecule has 0 fully saturated rings. The third kappa shape index (κ3) is 7.16. The molecule has 30 heavy (non-hydrogen) atoms. The Morgan fingerprint density at radius 1 is 0.933 bits per heavy atom. The summed E-state index contributed by atoms with van der Waals surface area (Å²) in [5, 5.41) is 0.936. The monoisotopic (exact) mass is 422 g/mol. The Bertz CT molecular complexity index is 833. The zero-order valence-electron chi connectivity index (χ0n) is 18.9. The van der Waals surface area contributed by atoms with Crippen LogP contribution in [0.15, 0.2) is 30.3 Å². The molecule has 0 bridgehead atoms. The van der Waals surface area contributed by atoms with Crippen LogP contribution in [0, 0.1) is 13.8 Å². The molecule has 0 heterocycles. The number of carbonyl (C=O) groups is 1. The first-order chi connectivity index (χ1) is 13.7. The van der Waals surface area contributed by atoms with Gasteiger partial charge in [0.15, 0.2) is 5.52 Å². The van der Waals surface area contributed by atoms with Gasteiger partial charge in [0, 0.05) is 16.9 Å². The molecule has 5 heteroatoms. The predicted octanol–water partition coefficient (Wildman–Crippen LogP) is 5.67. The number of rotatable bonds is 9. The van der Waals surface area contributed by atoms with Crippen molar-refractivity contribution in [3.8, 4) is 11.5 Å². The molecule has 2 aromatic rings. The van der Waals surface area contributed by atoms with E-state index >= 15 is 0 Å². The van der Waals surface area contributed by atoms with Gasteiger partial charge in [0.1, 0.15) is 11.5 Å². The third-order valence-corrected chi connectivity index (χ3v) is 5.92. The Kier molecular flexibility index (Phi) is 10.7. The first-order valence-electron chi connectivity index (χ1n) is 10.5. The van der Waals surface area contributed by atoms with Crippen LogP contribution >= 0.6 is 8.58 Å². The fourth-order valence-corrected chi connectivity index (χ4v) is 4.38. The summed E-state index contributed by atoms with van der Waals surface area (Å²) in [5.41, 5.74) is 4.41. The van der Waals surface area contributed by atoms with Crippen LogP contribution in [0.25, 0.3) is 0 Å². The number of hydrogen-bond acceptors (Lipinski definition) is 3. The van der Waals surface area contributed by atoms with Crippen molar-refractivity contribution in [2.45, 2.75) is 66.7 Å². The standard InChI is InChI=1S/C25H35O3P.Li.H/c1-8-12-27-20-10-11-22(21(16-20)28-13-9-2)29-24(26)23-17(3)14-19(15-18(23)4)25(5,6)7;;/h10-11,14-16,29H,8-9,12-13H2,1-7H3;;. The number of aryl methyl sites for hydroxylation is 2. The van der Waals surface area contributed by atoms with E-state index in [0.717, 1.165) is 46.3 Å². The van der Waals surface area contributed by atoms with Crippen molar-refractivity contribution in [2.75, 3.05) is 13.2 Å². The van der Waals surface area contributed by atoms with Gasteiger partial charge >= 0.3 is 18.9 Å². The van der Waals surface area contributed by atoms with E-state index in [1.807, 2.05) is 32.0 Å². The molecule has 0 aliphatic rings. The van der Waals surface area contributed by atoms with Crippen molar-refractivity contribution in [3.63, 3.8) is 0 Å². The van der Waals surface area contributed by atoms with Gasteiger partial charge in [0.25, 0.3) is 0 Å². The first-order valence-corrected chi connectivity index (χ1v) is 11.5. The summed E-state index contributed by atoms with van der Waals surface area (Å²) in [6.07, 6.45) is 1.87.